The van der Waals surface area contributed by atoms with Crippen LogP contribution in [0, 0.1) is 5.92 Å². The summed E-state index contributed by atoms with van der Waals surface area (Å²) in [4.78, 5) is 26.7. The van der Waals surface area contributed by atoms with E-state index in [0.717, 1.165) is 32.6 Å². The standard InChI is InChI=1S/C18H36N5O2.K/c1-5-20-16(12-14(2)3)22-15(18(25)19-4)13-17(24)21-8-11-23-9-6-7-10-23;/h14-16,20H,5-13H2,1-4H3,(H,19,25)(H,21,24);/q-1;+1/t15-,16?;/m0./s1. The van der Waals surface area contributed by atoms with Gasteiger partial charge >= 0.3 is 51.4 Å². The second-order valence-electron chi connectivity index (χ2n) is 7.08. The number of carbonyl (C=O) groups excluding carboxylic acids is 2. The summed E-state index contributed by atoms with van der Waals surface area (Å²) in [5, 5.41) is 13.4. The molecule has 0 aromatic rings. The summed E-state index contributed by atoms with van der Waals surface area (Å²) in [6.07, 6.45) is 3.32. The Morgan fingerprint density at radius 1 is 1.19 bits per heavy atom. The Labute approximate surface area is 201 Å². The van der Waals surface area contributed by atoms with Crippen LogP contribution in [0.2, 0.25) is 0 Å². The van der Waals surface area contributed by atoms with E-state index in [1.54, 1.807) is 7.05 Å². The van der Waals surface area contributed by atoms with E-state index in [1.807, 2.05) is 6.92 Å². The zero-order valence-corrected chi connectivity index (χ0v) is 20.4. The topological polar surface area (TPSA) is 87.6 Å². The normalized spacial score (nSPS) is 16.8. The molecule has 0 aliphatic carbocycles. The maximum atomic E-state index is 12.2. The Balaban J connectivity index is 0.00000625. The molecule has 146 valence electrons. The van der Waals surface area contributed by atoms with Crippen molar-refractivity contribution in [3.05, 3.63) is 5.32 Å². The average molecular weight is 394 g/mol. The third-order valence-corrected chi connectivity index (χ3v) is 4.37. The van der Waals surface area contributed by atoms with Crippen molar-refractivity contribution < 1.29 is 61.0 Å². The van der Waals surface area contributed by atoms with Gasteiger partial charge in [-0.1, -0.05) is 33.4 Å². The van der Waals surface area contributed by atoms with Gasteiger partial charge in [0.1, 0.15) is 0 Å². The molecule has 3 N–H and O–H groups in total. The Kier molecular flexibility index (Phi) is 15.7. The summed E-state index contributed by atoms with van der Waals surface area (Å²) in [5.41, 5.74) is 0. The monoisotopic (exact) mass is 393 g/mol. The number of hydrogen-bond acceptors (Lipinski definition) is 4. The molecule has 1 heterocycles. The molecule has 0 saturated carbocycles. The third kappa shape index (κ3) is 11.3. The molecule has 1 rings (SSSR count). The fraction of sp³-hybridized carbons (Fsp3) is 0.889. The number of nitrogens with zero attached hydrogens (tertiary/aromatic N) is 2. The van der Waals surface area contributed by atoms with Gasteiger partial charge in [0.2, 0.25) is 11.8 Å². The van der Waals surface area contributed by atoms with Crippen LogP contribution in [0.4, 0.5) is 0 Å². The van der Waals surface area contributed by atoms with Crippen molar-refractivity contribution in [1.29, 1.82) is 0 Å². The van der Waals surface area contributed by atoms with E-state index in [1.165, 1.54) is 12.8 Å². The first-order valence-electron chi connectivity index (χ1n) is 9.60. The van der Waals surface area contributed by atoms with Crippen LogP contribution in [0.3, 0.4) is 0 Å². The smallest absolute Gasteiger partial charge is 0.636 e. The Hall–Kier alpha value is 0.456. The molecule has 1 unspecified atom stereocenters. The molecule has 0 aromatic carbocycles. The van der Waals surface area contributed by atoms with E-state index in [4.69, 9.17) is 0 Å². The molecular formula is C18H36KN5O2. The number of hydrogen-bond donors (Lipinski definition) is 3. The van der Waals surface area contributed by atoms with Crippen molar-refractivity contribution in [2.75, 3.05) is 39.8 Å². The van der Waals surface area contributed by atoms with E-state index in [0.29, 0.717) is 12.5 Å². The van der Waals surface area contributed by atoms with Gasteiger partial charge in [0, 0.05) is 26.6 Å². The number of likely N-dealkylation sites (tertiary alicyclic amines) is 1. The van der Waals surface area contributed by atoms with Crippen molar-refractivity contribution in [3.63, 3.8) is 0 Å². The van der Waals surface area contributed by atoms with Crippen molar-refractivity contribution in [2.24, 2.45) is 5.92 Å². The molecule has 8 heteroatoms. The number of likely N-dealkylation sites (N-methyl/N-ethyl adjacent to an activating group) is 1. The number of nitrogens with one attached hydrogen (secondary N) is 3. The number of rotatable bonds is 12. The zero-order chi connectivity index (χ0) is 18.7. The van der Waals surface area contributed by atoms with Gasteiger partial charge in [-0.25, -0.2) is 0 Å². The van der Waals surface area contributed by atoms with Gasteiger partial charge in [0.05, 0.1) is 0 Å². The molecule has 0 aromatic heterocycles. The van der Waals surface area contributed by atoms with Gasteiger partial charge in [0.25, 0.3) is 0 Å². The third-order valence-electron chi connectivity index (χ3n) is 4.37. The van der Waals surface area contributed by atoms with Crippen LogP contribution in [0.25, 0.3) is 5.32 Å². The number of carbonyl (C=O) groups is 2. The van der Waals surface area contributed by atoms with Crippen LogP contribution in [0.1, 0.15) is 46.5 Å². The predicted molar refractivity (Wildman–Crippen MR) is 101 cm³/mol. The summed E-state index contributed by atoms with van der Waals surface area (Å²) in [5.74, 6) is 0.144. The minimum atomic E-state index is -0.653. The molecule has 0 bridgehead atoms. The summed E-state index contributed by atoms with van der Waals surface area (Å²) in [6, 6.07) is -0.653. The summed E-state index contributed by atoms with van der Waals surface area (Å²) < 4.78 is 0. The van der Waals surface area contributed by atoms with Crippen LogP contribution < -0.4 is 67.3 Å². The van der Waals surface area contributed by atoms with Crippen LogP contribution in [0.15, 0.2) is 0 Å². The van der Waals surface area contributed by atoms with Gasteiger partial charge in [-0.15, -0.1) is 0 Å². The van der Waals surface area contributed by atoms with E-state index >= 15 is 0 Å². The van der Waals surface area contributed by atoms with Crippen LogP contribution in [-0.2, 0) is 9.59 Å². The fourth-order valence-corrected chi connectivity index (χ4v) is 3.08. The van der Waals surface area contributed by atoms with Crippen molar-refractivity contribution in [3.8, 4) is 0 Å². The summed E-state index contributed by atoms with van der Waals surface area (Å²) >= 11 is 0. The maximum Gasteiger partial charge on any atom is 1.00 e. The molecule has 1 saturated heterocycles. The predicted octanol–water partition coefficient (Wildman–Crippen LogP) is -1.94. The molecule has 1 aliphatic rings. The Morgan fingerprint density at radius 2 is 1.85 bits per heavy atom. The minimum Gasteiger partial charge on any atom is -0.636 e. The van der Waals surface area contributed by atoms with Crippen molar-refractivity contribution in [2.45, 2.75) is 58.7 Å². The molecule has 26 heavy (non-hydrogen) atoms. The summed E-state index contributed by atoms with van der Waals surface area (Å²) in [7, 11) is 1.58. The maximum absolute atomic E-state index is 12.2. The summed E-state index contributed by atoms with van der Waals surface area (Å²) in [6.45, 7) is 10.8. The molecule has 0 spiro atoms. The Morgan fingerprint density at radius 3 is 2.38 bits per heavy atom. The molecular weight excluding hydrogens is 357 g/mol. The zero-order valence-electron chi connectivity index (χ0n) is 17.3. The molecule has 2 atom stereocenters. The Bertz CT molecular complexity index is 403. The van der Waals surface area contributed by atoms with E-state index in [2.05, 4.69) is 40.0 Å². The first-order chi connectivity index (χ1) is 12.0. The van der Waals surface area contributed by atoms with Gasteiger partial charge in [-0.2, -0.15) is 0 Å². The van der Waals surface area contributed by atoms with Crippen LogP contribution >= 0.6 is 0 Å². The molecule has 0 radical (unpaired) electrons. The molecule has 2 amide bonds. The second-order valence-corrected chi connectivity index (χ2v) is 7.08. The van der Waals surface area contributed by atoms with Gasteiger partial charge in [-0.3, -0.25) is 9.59 Å². The largest absolute Gasteiger partial charge is 1.00 e. The van der Waals surface area contributed by atoms with Crippen molar-refractivity contribution >= 4 is 11.8 Å². The van der Waals surface area contributed by atoms with Gasteiger partial charge in [0.15, 0.2) is 0 Å². The molecule has 7 nitrogen and oxygen atoms in total. The van der Waals surface area contributed by atoms with Gasteiger partial charge < -0.3 is 26.2 Å². The van der Waals surface area contributed by atoms with Crippen LogP contribution in [0.5, 0.6) is 0 Å². The van der Waals surface area contributed by atoms with Crippen molar-refractivity contribution in [1.82, 2.24) is 20.9 Å². The van der Waals surface area contributed by atoms with Crippen LogP contribution in [-0.4, -0.2) is 68.7 Å². The first kappa shape index (κ1) is 26.5. The molecule has 1 aliphatic heterocycles. The van der Waals surface area contributed by atoms with E-state index < -0.39 is 6.04 Å². The quantitative estimate of drug-likeness (QED) is 0.337. The fourth-order valence-electron chi connectivity index (χ4n) is 3.08. The SMILES string of the molecule is CCNC(CC(C)C)[N-][C@@H](CC(=O)NCCN1CCCC1)C(=O)NC.[K+]. The average Bonchev–Trinajstić information content (AvgIpc) is 3.06. The van der Waals surface area contributed by atoms with E-state index in [-0.39, 0.29) is 75.8 Å². The van der Waals surface area contributed by atoms with E-state index in [9.17, 15) is 9.59 Å². The first-order valence-corrected chi connectivity index (χ1v) is 9.60. The second kappa shape index (κ2) is 15.4. The number of amides is 2. The molecule has 1 fully saturated rings. The minimum absolute atomic E-state index is 0. The van der Waals surface area contributed by atoms with Gasteiger partial charge in [-0.05, 0) is 44.4 Å².